The molecule has 3 saturated heterocycles. The van der Waals surface area contributed by atoms with Crippen LogP contribution in [0.5, 0.6) is 0 Å². The van der Waals surface area contributed by atoms with Crippen LogP contribution >= 0.6 is 0 Å². The molecule has 3 aliphatic heterocycles. The third kappa shape index (κ3) is 4.67. The van der Waals surface area contributed by atoms with E-state index in [9.17, 15) is 5.11 Å². The molecule has 7 atom stereocenters. The van der Waals surface area contributed by atoms with E-state index >= 15 is 0 Å². The molecule has 1 spiro atoms. The molecule has 0 aromatic rings. The summed E-state index contributed by atoms with van der Waals surface area (Å²) in [5.74, 6) is 2.90. The molecule has 3 heterocycles. The van der Waals surface area contributed by atoms with E-state index in [-0.39, 0.29) is 23.3 Å². The van der Waals surface area contributed by atoms with Crippen molar-refractivity contribution in [3.8, 4) is 0 Å². The first-order valence-electron chi connectivity index (χ1n) is 14.4. The summed E-state index contributed by atoms with van der Waals surface area (Å²) in [6, 6.07) is 0. The summed E-state index contributed by atoms with van der Waals surface area (Å²) in [4.78, 5) is 0. The first kappa shape index (κ1) is 24.5. The molecule has 8 N–H and O–H groups in total. The van der Waals surface area contributed by atoms with Crippen LogP contribution in [-0.2, 0) is 4.74 Å². The van der Waals surface area contributed by atoms with E-state index in [4.69, 9.17) is 16.2 Å². The minimum atomic E-state index is -0.0992. The molecule has 0 amide bonds. The maximum Gasteiger partial charge on any atom is 0.137 e. The number of hydrogen-bond acceptors (Lipinski definition) is 3. The van der Waals surface area contributed by atoms with E-state index in [1.54, 1.807) is 0 Å². The maximum absolute atomic E-state index is 9.60. The van der Waals surface area contributed by atoms with Crippen molar-refractivity contribution < 1.29 is 20.9 Å². The number of rotatable bonds is 6. The van der Waals surface area contributed by atoms with E-state index in [1.807, 2.05) is 0 Å². The van der Waals surface area contributed by atoms with Crippen molar-refractivity contribution in [1.29, 1.82) is 0 Å². The Balaban J connectivity index is 1.39. The van der Waals surface area contributed by atoms with Gasteiger partial charge in [-0.1, -0.05) is 12.8 Å². The molecule has 5 heteroatoms. The Morgan fingerprint density at radius 3 is 2.52 bits per heavy atom. The standard InChI is InChI=1S/C28H51N3O2/c1-25(2)23-8-12-28(33-25,19-27(23,30)11-5-13-32)22-15-21(14-20-6-7-24(29)31-18-20)16-26(17-22)9-3-4-10-26/h20-24,31-32H,3-19,29-30H2,1-2H3/p+2. The zero-order valence-electron chi connectivity index (χ0n) is 21.6. The van der Waals surface area contributed by atoms with Crippen LogP contribution < -0.4 is 16.8 Å². The summed E-state index contributed by atoms with van der Waals surface area (Å²) >= 11 is 0. The number of quaternary nitrogens is 2. The van der Waals surface area contributed by atoms with Gasteiger partial charge in [-0.3, -0.25) is 5.73 Å². The zero-order chi connectivity index (χ0) is 23.3. The first-order valence-corrected chi connectivity index (χ1v) is 14.4. The minimum Gasteiger partial charge on any atom is -0.396 e. The average Bonchev–Trinajstić information content (AvgIpc) is 3.20. The van der Waals surface area contributed by atoms with Gasteiger partial charge in [-0.2, -0.15) is 0 Å². The molecule has 0 radical (unpaired) electrons. The summed E-state index contributed by atoms with van der Waals surface area (Å²) in [6.07, 6.45) is 19.8. The zero-order valence-corrected chi connectivity index (χ0v) is 21.6. The van der Waals surface area contributed by atoms with Gasteiger partial charge in [0.2, 0.25) is 0 Å². The number of nitrogens with two attached hydrogens (primary N) is 2. The fraction of sp³-hybridized carbons (Fsp3) is 1.00. The Kier molecular flexibility index (Phi) is 6.70. The van der Waals surface area contributed by atoms with Gasteiger partial charge < -0.3 is 20.9 Å². The average molecular weight is 464 g/mol. The lowest BCUT2D eigenvalue weighted by Gasteiger charge is -2.64. The van der Waals surface area contributed by atoms with Crippen LogP contribution in [0.1, 0.15) is 110 Å². The predicted molar refractivity (Wildman–Crippen MR) is 131 cm³/mol. The number of aliphatic hydroxyl groups excluding tert-OH is 1. The summed E-state index contributed by atoms with van der Waals surface area (Å²) in [5.41, 5.74) is 11.6. The fourth-order valence-electron chi connectivity index (χ4n) is 10.0. The molecule has 0 aromatic heterocycles. The van der Waals surface area contributed by atoms with Crippen molar-refractivity contribution in [3.05, 3.63) is 0 Å². The van der Waals surface area contributed by atoms with Gasteiger partial charge in [0.25, 0.3) is 0 Å². The molecule has 5 nitrogen and oxygen atoms in total. The first-order chi connectivity index (χ1) is 15.7. The lowest BCUT2D eigenvalue weighted by atomic mass is 9.50. The molecule has 3 aliphatic carbocycles. The molecular formula is C28H53N3O2+2. The number of hydrogen-bond donors (Lipinski definition) is 4. The third-order valence-electron chi connectivity index (χ3n) is 11.2. The number of ether oxygens (including phenoxy) is 1. The SMILES string of the molecule is CC1(C)OC2(C3CC(CC4CCC(N)[NH2+]C4)CC4(CCCC4)C3)CCC1C([NH3+])(CCCO)C2. The van der Waals surface area contributed by atoms with Crippen LogP contribution in [0.3, 0.4) is 0 Å². The summed E-state index contributed by atoms with van der Waals surface area (Å²) in [6.45, 7) is 6.20. The molecule has 6 rings (SSSR count). The summed E-state index contributed by atoms with van der Waals surface area (Å²) in [7, 11) is 0. The van der Waals surface area contributed by atoms with Gasteiger partial charge in [-0.25, -0.2) is 0 Å². The molecule has 0 aromatic carbocycles. The largest absolute Gasteiger partial charge is 0.396 e. The van der Waals surface area contributed by atoms with Gasteiger partial charge in [-0.15, -0.1) is 0 Å². The van der Waals surface area contributed by atoms with Crippen LogP contribution in [0.2, 0.25) is 0 Å². The summed E-state index contributed by atoms with van der Waals surface area (Å²) < 4.78 is 7.21. The molecule has 3 saturated carbocycles. The van der Waals surface area contributed by atoms with E-state index in [0.717, 1.165) is 31.1 Å². The Labute approximate surface area is 202 Å². The Bertz CT molecular complexity index is 685. The van der Waals surface area contributed by atoms with Crippen LogP contribution in [0, 0.1) is 29.1 Å². The highest BCUT2D eigenvalue weighted by Gasteiger charge is 2.66. The highest BCUT2D eigenvalue weighted by molar-refractivity contribution is 5.14. The lowest BCUT2D eigenvalue weighted by Crippen LogP contribution is -2.95. The topological polar surface area (TPSA) is 99.7 Å². The van der Waals surface area contributed by atoms with Gasteiger partial charge in [0, 0.05) is 37.7 Å². The quantitative estimate of drug-likeness (QED) is 0.487. The monoisotopic (exact) mass is 463 g/mol. The molecule has 6 aliphatic rings. The number of fused-ring (bicyclic) bond motifs is 3. The van der Waals surface area contributed by atoms with Gasteiger partial charge in [0.15, 0.2) is 0 Å². The Hall–Kier alpha value is -0.200. The van der Waals surface area contributed by atoms with Crippen molar-refractivity contribution in [2.45, 2.75) is 133 Å². The fourth-order valence-corrected chi connectivity index (χ4v) is 10.0. The van der Waals surface area contributed by atoms with Crippen LogP contribution in [0.4, 0.5) is 0 Å². The van der Waals surface area contributed by atoms with Gasteiger partial charge in [0.1, 0.15) is 11.7 Å². The van der Waals surface area contributed by atoms with Crippen molar-refractivity contribution in [1.82, 2.24) is 0 Å². The van der Waals surface area contributed by atoms with Crippen LogP contribution in [0.25, 0.3) is 0 Å². The Morgan fingerprint density at radius 2 is 1.85 bits per heavy atom. The second-order valence-electron chi connectivity index (χ2n) is 14.0. The van der Waals surface area contributed by atoms with Crippen LogP contribution in [0.15, 0.2) is 0 Å². The van der Waals surface area contributed by atoms with Crippen molar-refractivity contribution >= 4 is 0 Å². The maximum atomic E-state index is 9.60. The van der Waals surface area contributed by atoms with E-state index < -0.39 is 0 Å². The van der Waals surface area contributed by atoms with E-state index in [2.05, 4.69) is 19.2 Å². The third-order valence-corrected chi connectivity index (χ3v) is 11.2. The van der Waals surface area contributed by atoms with E-state index in [1.165, 1.54) is 83.6 Å². The molecule has 6 fully saturated rings. The summed E-state index contributed by atoms with van der Waals surface area (Å²) in [5, 5.41) is 12.0. The second kappa shape index (κ2) is 9.03. The second-order valence-corrected chi connectivity index (χ2v) is 14.0. The molecule has 33 heavy (non-hydrogen) atoms. The molecule has 2 bridgehead atoms. The predicted octanol–water partition coefficient (Wildman–Crippen LogP) is 2.71. The van der Waals surface area contributed by atoms with Crippen LogP contribution in [-0.4, -0.2) is 41.2 Å². The number of aliphatic hydroxyl groups is 1. The lowest BCUT2D eigenvalue weighted by molar-refractivity contribution is -0.703. The molecule has 190 valence electrons. The minimum absolute atomic E-state index is 0.00472. The highest BCUT2D eigenvalue weighted by atomic mass is 16.5. The van der Waals surface area contributed by atoms with Crippen molar-refractivity contribution in [3.63, 3.8) is 0 Å². The van der Waals surface area contributed by atoms with Crippen molar-refractivity contribution in [2.75, 3.05) is 13.2 Å². The number of piperidine rings is 1. The van der Waals surface area contributed by atoms with Gasteiger partial charge in [-0.05, 0) is 95.3 Å². The van der Waals surface area contributed by atoms with Gasteiger partial charge in [0.05, 0.1) is 17.7 Å². The van der Waals surface area contributed by atoms with Crippen molar-refractivity contribution in [2.24, 2.45) is 34.8 Å². The molecular weight excluding hydrogens is 410 g/mol. The smallest absolute Gasteiger partial charge is 0.137 e. The van der Waals surface area contributed by atoms with E-state index in [0.29, 0.717) is 23.4 Å². The Morgan fingerprint density at radius 1 is 1.06 bits per heavy atom. The molecule has 7 unspecified atom stereocenters. The highest BCUT2D eigenvalue weighted by Crippen LogP contribution is 2.63. The van der Waals surface area contributed by atoms with Gasteiger partial charge >= 0.3 is 0 Å². The normalized spacial score (nSPS) is 46.6.